The van der Waals surface area contributed by atoms with Crippen LogP contribution in [0.25, 0.3) is 0 Å². The number of ether oxygens (including phenoxy) is 1. The minimum atomic E-state index is -1.36. The van der Waals surface area contributed by atoms with E-state index in [0.29, 0.717) is 5.92 Å². The molecule has 7 nitrogen and oxygen atoms in total. The van der Waals surface area contributed by atoms with Crippen LogP contribution in [0.3, 0.4) is 0 Å². The van der Waals surface area contributed by atoms with E-state index in [1.165, 1.54) is 0 Å². The molecule has 0 heterocycles. The Balaban J connectivity index is 2.08. The predicted molar refractivity (Wildman–Crippen MR) is 65.9 cm³/mol. The molecule has 0 saturated heterocycles. The average Bonchev–Trinajstić information content (AvgIpc) is 3.12. The number of carbonyl (C=O) groups is 3. The number of hydrogen-bond acceptors (Lipinski definition) is 5. The zero-order valence-electron chi connectivity index (χ0n) is 11.1. The summed E-state index contributed by atoms with van der Waals surface area (Å²) in [5.74, 6) is -0.633. The number of nitrogens with one attached hydrogen (secondary N) is 2. The molecule has 7 heteroatoms. The second-order valence-electron chi connectivity index (χ2n) is 4.70. The van der Waals surface area contributed by atoms with E-state index in [1.54, 1.807) is 0 Å². The van der Waals surface area contributed by atoms with Crippen molar-refractivity contribution in [3.63, 3.8) is 0 Å². The molecule has 19 heavy (non-hydrogen) atoms. The second-order valence-corrected chi connectivity index (χ2v) is 4.70. The van der Waals surface area contributed by atoms with Crippen LogP contribution < -0.4 is 10.6 Å². The maximum Gasteiger partial charge on any atom is 0.336 e. The van der Waals surface area contributed by atoms with Gasteiger partial charge in [-0.25, -0.2) is 4.79 Å². The Morgan fingerprint density at radius 2 is 2.00 bits per heavy atom. The molecule has 1 saturated carbocycles. The molecule has 3 atom stereocenters. The molecule has 3 unspecified atom stereocenters. The molecule has 108 valence electrons. The SMILES string of the molecule is COC(=O)C(O)CNC(=O)CCNC(=O)C1CC1C. The second kappa shape index (κ2) is 7.08. The first-order chi connectivity index (χ1) is 8.95. The zero-order chi connectivity index (χ0) is 14.4. The summed E-state index contributed by atoms with van der Waals surface area (Å²) in [5.41, 5.74) is 0. The third kappa shape index (κ3) is 5.25. The molecule has 0 bridgehead atoms. The smallest absolute Gasteiger partial charge is 0.336 e. The molecule has 0 aromatic carbocycles. The Bertz CT molecular complexity index is 358. The van der Waals surface area contributed by atoms with Crippen molar-refractivity contribution in [2.24, 2.45) is 11.8 Å². The molecule has 1 fully saturated rings. The topological polar surface area (TPSA) is 105 Å². The fourth-order valence-electron chi connectivity index (χ4n) is 1.64. The number of amides is 2. The van der Waals surface area contributed by atoms with Gasteiger partial charge in [0, 0.05) is 18.9 Å². The number of rotatable bonds is 7. The van der Waals surface area contributed by atoms with E-state index in [4.69, 9.17) is 0 Å². The Morgan fingerprint density at radius 3 is 2.53 bits per heavy atom. The lowest BCUT2D eigenvalue weighted by molar-refractivity contribution is -0.150. The van der Waals surface area contributed by atoms with E-state index in [1.807, 2.05) is 6.92 Å². The van der Waals surface area contributed by atoms with Crippen LogP contribution >= 0.6 is 0 Å². The summed E-state index contributed by atoms with van der Waals surface area (Å²) in [5, 5.41) is 14.3. The zero-order valence-corrected chi connectivity index (χ0v) is 11.1. The van der Waals surface area contributed by atoms with E-state index in [2.05, 4.69) is 15.4 Å². The largest absolute Gasteiger partial charge is 0.467 e. The third-order valence-electron chi connectivity index (χ3n) is 3.06. The van der Waals surface area contributed by atoms with E-state index >= 15 is 0 Å². The van der Waals surface area contributed by atoms with Gasteiger partial charge in [0.15, 0.2) is 6.10 Å². The van der Waals surface area contributed by atoms with Crippen molar-refractivity contribution < 1.29 is 24.2 Å². The Morgan fingerprint density at radius 1 is 1.37 bits per heavy atom. The minimum Gasteiger partial charge on any atom is -0.467 e. The monoisotopic (exact) mass is 272 g/mol. The first-order valence-corrected chi connectivity index (χ1v) is 6.26. The lowest BCUT2D eigenvalue weighted by atomic mass is 10.3. The first-order valence-electron chi connectivity index (χ1n) is 6.26. The van der Waals surface area contributed by atoms with Gasteiger partial charge in [-0.1, -0.05) is 6.92 Å². The van der Waals surface area contributed by atoms with Crippen LogP contribution in [0.4, 0.5) is 0 Å². The summed E-state index contributed by atoms with van der Waals surface area (Å²) < 4.78 is 4.30. The number of aliphatic hydroxyl groups is 1. The van der Waals surface area contributed by atoms with Crippen LogP contribution in [0.15, 0.2) is 0 Å². The maximum atomic E-state index is 11.4. The van der Waals surface area contributed by atoms with Gasteiger partial charge in [0.05, 0.1) is 13.7 Å². The molecule has 3 N–H and O–H groups in total. The highest BCUT2D eigenvalue weighted by atomic mass is 16.5. The Hall–Kier alpha value is -1.63. The molecule has 0 spiro atoms. The van der Waals surface area contributed by atoms with E-state index in [-0.39, 0.29) is 37.2 Å². The van der Waals surface area contributed by atoms with Gasteiger partial charge < -0.3 is 20.5 Å². The van der Waals surface area contributed by atoms with E-state index in [0.717, 1.165) is 13.5 Å². The molecule has 0 aliphatic heterocycles. The van der Waals surface area contributed by atoms with Crippen molar-refractivity contribution in [3.8, 4) is 0 Å². The summed E-state index contributed by atoms with van der Waals surface area (Å²) in [7, 11) is 1.15. The van der Waals surface area contributed by atoms with Crippen molar-refractivity contribution in [2.75, 3.05) is 20.2 Å². The number of esters is 1. The predicted octanol–water partition coefficient (Wildman–Crippen LogP) is -1.20. The summed E-state index contributed by atoms with van der Waals surface area (Å²) in [6, 6.07) is 0. The van der Waals surface area contributed by atoms with Gasteiger partial charge in [-0.15, -0.1) is 0 Å². The Kier molecular flexibility index (Phi) is 5.75. The first kappa shape index (κ1) is 15.4. The fourth-order valence-corrected chi connectivity index (χ4v) is 1.64. The number of methoxy groups -OCH3 is 1. The molecule has 0 aromatic rings. The van der Waals surface area contributed by atoms with Crippen LogP contribution in [0.5, 0.6) is 0 Å². The Labute approximate surface area is 111 Å². The highest BCUT2D eigenvalue weighted by Crippen LogP contribution is 2.37. The molecular weight excluding hydrogens is 252 g/mol. The molecule has 0 radical (unpaired) electrons. The van der Waals surface area contributed by atoms with Gasteiger partial charge in [-0.2, -0.15) is 0 Å². The fraction of sp³-hybridized carbons (Fsp3) is 0.750. The van der Waals surface area contributed by atoms with Crippen LogP contribution in [-0.4, -0.2) is 49.2 Å². The number of hydrogen-bond donors (Lipinski definition) is 3. The van der Waals surface area contributed by atoms with Crippen molar-refractivity contribution in [1.82, 2.24) is 10.6 Å². The minimum absolute atomic E-state index is 0.0186. The quantitative estimate of drug-likeness (QED) is 0.505. The van der Waals surface area contributed by atoms with Gasteiger partial charge in [-0.05, 0) is 12.3 Å². The third-order valence-corrected chi connectivity index (χ3v) is 3.06. The molecule has 2 amide bonds. The van der Waals surface area contributed by atoms with Gasteiger partial charge in [-0.3, -0.25) is 9.59 Å². The van der Waals surface area contributed by atoms with E-state index in [9.17, 15) is 19.5 Å². The van der Waals surface area contributed by atoms with Crippen molar-refractivity contribution in [2.45, 2.75) is 25.9 Å². The summed E-state index contributed by atoms with van der Waals surface area (Å²) in [6.07, 6.45) is -0.347. The number of carbonyl (C=O) groups excluding carboxylic acids is 3. The molecule has 1 rings (SSSR count). The highest BCUT2D eigenvalue weighted by molar-refractivity contribution is 5.82. The summed E-state index contributed by atoms with van der Waals surface area (Å²) in [6.45, 7) is 2.06. The maximum absolute atomic E-state index is 11.4. The van der Waals surface area contributed by atoms with Crippen LogP contribution in [0, 0.1) is 11.8 Å². The van der Waals surface area contributed by atoms with Crippen LogP contribution in [0.2, 0.25) is 0 Å². The average molecular weight is 272 g/mol. The van der Waals surface area contributed by atoms with Crippen LogP contribution in [-0.2, 0) is 19.1 Å². The van der Waals surface area contributed by atoms with Gasteiger partial charge in [0.1, 0.15) is 0 Å². The summed E-state index contributed by atoms with van der Waals surface area (Å²) in [4.78, 5) is 33.7. The molecule has 1 aliphatic rings. The molecule has 1 aliphatic carbocycles. The highest BCUT2D eigenvalue weighted by Gasteiger charge is 2.38. The summed E-state index contributed by atoms with van der Waals surface area (Å²) >= 11 is 0. The standard InChI is InChI=1S/C12H20N2O5/c1-7-5-8(7)11(17)13-4-3-10(16)14-6-9(15)12(18)19-2/h7-9,15H,3-6H2,1-2H3,(H,13,17)(H,14,16). The van der Waals surface area contributed by atoms with Crippen molar-refractivity contribution in [3.05, 3.63) is 0 Å². The van der Waals surface area contributed by atoms with Gasteiger partial charge in [0.2, 0.25) is 11.8 Å². The number of aliphatic hydroxyl groups excluding tert-OH is 1. The van der Waals surface area contributed by atoms with Crippen LogP contribution in [0.1, 0.15) is 19.8 Å². The van der Waals surface area contributed by atoms with Crippen molar-refractivity contribution >= 4 is 17.8 Å². The molecular formula is C12H20N2O5. The van der Waals surface area contributed by atoms with E-state index < -0.39 is 12.1 Å². The lowest BCUT2D eigenvalue weighted by Crippen LogP contribution is -2.38. The van der Waals surface area contributed by atoms with Crippen molar-refractivity contribution in [1.29, 1.82) is 0 Å². The normalized spacial score (nSPS) is 22.3. The van der Waals surface area contributed by atoms with Gasteiger partial charge >= 0.3 is 5.97 Å². The van der Waals surface area contributed by atoms with Gasteiger partial charge in [0.25, 0.3) is 0 Å². The molecule has 0 aromatic heterocycles. The lowest BCUT2D eigenvalue weighted by Gasteiger charge is -2.10.